The lowest BCUT2D eigenvalue weighted by Crippen LogP contribution is -2.45. The van der Waals surface area contributed by atoms with Gasteiger partial charge in [0.25, 0.3) is 0 Å². The number of primary amides is 1. The number of nitrogens with zero attached hydrogens (tertiary/aromatic N) is 5. The maximum atomic E-state index is 12.5. The lowest BCUT2D eigenvalue weighted by atomic mass is 10.2. The fourth-order valence-corrected chi connectivity index (χ4v) is 3.64. The molecular weight excluding hydrogens is 520 g/mol. The van der Waals surface area contributed by atoms with E-state index >= 15 is 0 Å². The minimum Gasteiger partial charge on any atom is -0.366 e. The number of aromatic nitrogens is 2. The molecule has 1 aromatic carbocycles. The second-order valence-corrected chi connectivity index (χ2v) is 9.91. The van der Waals surface area contributed by atoms with Gasteiger partial charge in [-0.3, -0.25) is 14.4 Å². The van der Waals surface area contributed by atoms with Crippen LogP contribution in [-0.2, 0) is 9.59 Å². The van der Waals surface area contributed by atoms with E-state index in [1.807, 2.05) is 30.9 Å². The van der Waals surface area contributed by atoms with Crippen LogP contribution in [0.25, 0.3) is 0 Å². The van der Waals surface area contributed by atoms with Gasteiger partial charge < -0.3 is 31.1 Å². The van der Waals surface area contributed by atoms with Crippen molar-refractivity contribution in [3.8, 4) is 11.8 Å². The fourth-order valence-electron chi connectivity index (χ4n) is 3.64. The van der Waals surface area contributed by atoms with E-state index in [0.29, 0.717) is 48.8 Å². The van der Waals surface area contributed by atoms with Crippen LogP contribution in [0, 0.1) is 11.8 Å². The smallest absolute Gasteiger partial charge is 0.248 e. The first-order chi connectivity index (χ1) is 19.5. The summed E-state index contributed by atoms with van der Waals surface area (Å²) in [5.74, 6) is 6.52. The first kappa shape index (κ1) is 32.8. The zero-order chi connectivity index (χ0) is 30.4. The van der Waals surface area contributed by atoms with Gasteiger partial charge in [-0.2, -0.15) is 4.98 Å². The van der Waals surface area contributed by atoms with E-state index < -0.39 is 11.9 Å². The summed E-state index contributed by atoms with van der Waals surface area (Å²) in [7, 11) is 7.41. The summed E-state index contributed by atoms with van der Waals surface area (Å²) in [6.07, 6.45) is 7.11. The molecule has 2 aromatic rings. The molecule has 0 aliphatic rings. The predicted molar refractivity (Wildman–Crippen MR) is 163 cm³/mol. The third kappa shape index (κ3) is 10.9. The van der Waals surface area contributed by atoms with Crippen molar-refractivity contribution in [2.45, 2.75) is 39.2 Å². The number of nitrogens with two attached hydrogens (primary N) is 1. The van der Waals surface area contributed by atoms with Gasteiger partial charge in [0, 0.05) is 57.5 Å². The average molecular weight is 563 g/mol. The molecule has 0 bridgehead atoms. The van der Waals surface area contributed by atoms with Crippen molar-refractivity contribution in [1.82, 2.24) is 25.1 Å². The monoisotopic (exact) mass is 562 g/mol. The number of hydrogen-bond acceptors (Lipinski definition) is 8. The van der Waals surface area contributed by atoms with Gasteiger partial charge in [0.15, 0.2) is 0 Å². The number of benzene rings is 1. The molecule has 11 heteroatoms. The molecular formula is C30H42N8O3. The predicted octanol–water partition coefficient (Wildman–Crippen LogP) is 2.38. The molecule has 1 atom stereocenters. The van der Waals surface area contributed by atoms with E-state index in [-0.39, 0.29) is 11.8 Å². The Morgan fingerprint density at radius 1 is 1.12 bits per heavy atom. The Labute approximate surface area is 243 Å². The molecule has 1 heterocycles. The first-order valence-corrected chi connectivity index (χ1v) is 13.6. The van der Waals surface area contributed by atoms with Gasteiger partial charge in [-0.15, -0.1) is 0 Å². The Morgan fingerprint density at radius 2 is 1.83 bits per heavy atom. The standard InChI is InChI=1S/C30H42N8O3/c1-7-19-37(5)28-24(21-33-30(35-28)34-25-16-14-23(15-17-25)27(31)40)12-9-8-10-18-32-29(41)22(2)38(6)26(39)13-11-20-36(3)4/h11,13-17,21-22H,7-8,10,18-20H2,1-6H3,(H2,31,40)(H,32,41)(H,33,34,35)/t22-/m0/s1. The minimum atomic E-state index is -0.584. The molecule has 0 aliphatic carbocycles. The first-order valence-electron chi connectivity index (χ1n) is 13.6. The van der Waals surface area contributed by atoms with Gasteiger partial charge in [0.05, 0.1) is 11.8 Å². The van der Waals surface area contributed by atoms with Gasteiger partial charge in [0.2, 0.25) is 23.7 Å². The molecule has 4 N–H and O–H groups in total. The maximum Gasteiger partial charge on any atom is 0.248 e. The van der Waals surface area contributed by atoms with E-state index in [2.05, 4.69) is 39.4 Å². The van der Waals surface area contributed by atoms with E-state index in [9.17, 15) is 14.4 Å². The largest absolute Gasteiger partial charge is 0.366 e. The Morgan fingerprint density at radius 3 is 2.46 bits per heavy atom. The number of likely N-dealkylation sites (N-methyl/N-ethyl adjacent to an activating group) is 2. The lowest BCUT2D eigenvalue weighted by Gasteiger charge is -2.23. The molecule has 2 rings (SSSR count). The number of nitrogens with one attached hydrogen (secondary N) is 2. The maximum absolute atomic E-state index is 12.5. The third-order valence-electron chi connectivity index (χ3n) is 6.15. The topological polar surface area (TPSA) is 137 Å². The molecule has 3 amide bonds. The number of rotatable bonds is 14. The molecule has 0 radical (unpaired) electrons. The summed E-state index contributed by atoms with van der Waals surface area (Å²) < 4.78 is 0. The minimum absolute atomic E-state index is 0.209. The van der Waals surface area contributed by atoms with Crippen LogP contribution >= 0.6 is 0 Å². The third-order valence-corrected chi connectivity index (χ3v) is 6.15. The van der Waals surface area contributed by atoms with Crippen molar-refractivity contribution in [2.75, 3.05) is 58.0 Å². The van der Waals surface area contributed by atoms with Crippen molar-refractivity contribution in [3.63, 3.8) is 0 Å². The van der Waals surface area contributed by atoms with Crippen LogP contribution in [0.3, 0.4) is 0 Å². The van der Waals surface area contributed by atoms with E-state index in [1.54, 1.807) is 50.5 Å². The van der Waals surface area contributed by atoms with Crippen molar-refractivity contribution < 1.29 is 14.4 Å². The number of carbonyl (C=O) groups excluding carboxylic acids is 3. The highest BCUT2D eigenvalue weighted by molar-refractivity contribution is 5.93. The normalized spacial score (nSPS) is 11.5. The summed E-state index contributed by atoms with van der Waals surface area (Å²) >= 11 is 0. The number of anilines is 3. The molecule has 0 saturated carbocycles. The molecule has 220 valence electrons. The highest BCUT2D eigenvalue weighted by atomic mass is 16.2. The number of hydrogen-bond donors (Lipinski definition) is 3. The van der Waals surface area contributed by atoms with Crippen molar-refractivity contribution in [3.05, 3.63) is 53.7 Å². The molecule has 1 aromatic heterocycles. The lowest BCUT2D eigenvalue weighted by molar-refractivity contribution is -0.135. The zero-order valence-electron chi connectivity index (χ0n) is 24.9. The summed E-state index contributed by atoms with van der Waals surface area (Å²) in [6.45, 7) is 5.69. The zero-order valence-corrected chi connectivity index (χ0v) is 24.9. The SMILES string of the molecule is CCCN(C)c1nc(Nc2ccc(C(N)=O)cc2)ncc1C#CCCCNC(=O)[C@H](C)N(C)C(=O)C=CCN(C)C. The molecule has 0 spiro atoms. The summed E-state index contributed by atoms with van der Waals surface area (Å²) in [6, 6.07) is 6.18. The highest BCUT2D eigenvalue weighted by Gasteiger charge is 2.20. The second kappa shape index (κ2) is 16.6. The highest BCUT2D eigenvalue weighted by Crippen LogP contribution is 2.20. The Balaban J connectivity index is 1.95. The fraction of sp³-hybridized carbons (Fsp3) is 0.433. The molecule has 11 nitrogen and oxygen atoms in total. The molecule has 0 aliphatic heterocycles. The number of unbranched alkanes of at least 4 members (excludes halogenated alkanes) is 1. The van der Waals surface area contributed by atoms with Crippen LogP contribution in [0.1, 0.15) is 49.0 Å². The Bertz CT molecular complexity index is 1260. The van der Waals surface area contributed by atoms with Crippen molar-refractivity contribution in [2.24, 2.45) is 5.73 Å². The van der Waals surface area contributed by atoms with Crippen LogP contribution in [0.4, 0.5) is 17.5 Å². The van der Waals surface area contributed by atoms with Gasteiger partial charge >= 0.3 is 0 Å². The van der Waals surface area contributed by atoms with Crippen molar-refractivity contribution >= 4 is 35.2 Å². The van der Waals surface area contributed by atoms with Crippen LogP contribution < -0.4 is 21.3 Å². The van der Waals surface area contributed by atoms with Crippen LogP contribution in [0.15, 0.2) is 42.6 Å². The van der Waals surface area contributed by atoms with Gasteiger partial charge in [-0.25, -0.2) is 4.98 Å². The Kier molecular flexibility index (Phi) is 13.3. The summed E-state index contributed by atoms with van der Waals surface area (Å²) in [5.41, 5.74) is 7.16. The van der Waals surface area contributed by atoms with E-state index in [0.717, 1.165) is 18.7 Å². The summed E-state index contributed by atoms with van der Waals surface area (Å²) in [5, 5.41) is 6.03. The van der Waals surface area contributed by atoms with Gasteiger partial charge in [-0.05, 0) is 58.1 Å². The average Bonchev–Trinajstić information content (AvgIpc) is 2.94. The quantitative estimate of drug-likeness (QED) is 0.181. The van der Waals surface area contributed by atoms with E-state index in [4.69, 9.17) is 5.73 Å². The van der Waals surface area contributed by atoms with Crippen LogP contribution in [0.5, 0.6) is 0 Å². The Hall–Kier alpha value is -4.43. The second-order valence-electron chi connectivity index (χ2n) is 9.91. The van der Waals surface area contributed by atoms with Crippen LogP contribution in [0.2, 0.25) is 0 Å². The van der Waals surface area contributed by atoms with E-state index in [1.165, 1.54) is 11.0 Å². The molecule has 0 unspecified atom stereocenters. The number of amides is 3. The molecule has 0 fully saturated rings. The molecule has 0 saturated heterocycles. The summed E-state index contributed by atoms with van der Waals surface area (Å²) in [4.78, 5) is 50.6. The van der Waals surface area contributed by atoms with Gasteiger partial charge in [-0.1, -0.05) is 24.8 Å². The number of carbonyl (C=O) groups is 3. The van der Waals surface area contributed by atoms with Crippen LogP contribution in [-0.4, -0.2) is 91.4 Å². The van der Waals surface area contributed by atoms with Crippen molar-refractivity contribution in [1.29, 1.82) is 0 Å². The van der Waals surface area contributed by atoms with Gasteiger partial charge in [0.1, 0.15) is 11.9 Å². The molecule has 41 heavy (non-hydrogen) atoms.